The van der Waals surface area contributed by atoms with Gasteiger partial charge >= 0.3 is 0 Å². The van der Waals surface area contributed by atoms with Gasteiger partial charge in [0.1, 0.15) is 6.54 Å². The summed E-state index contributed by atoms with van der Waals surface area (Å²) in [5, 5.41) is 14.6. The summed E-state index contributed by atoms with van der Waals surface area (Å²) in [6.07, 6.45) is 0. The molecule has 0 saturated heterocycles. The highest BCUT2D eigenvalue weighted by atomic mass is 32.2. The number of amides is 1. The molecule has 0 saturated carbocycles. The highest BCUT2D eigenvalue weighted by Crippen LogP contribution is 2.27. The van der Waals surface area contributed by atoms with Gasteiger partial charge in [0.25, 0.3) is 11.6 Å². The van der Waals surface area contributed by atoms with Crippen LogP contribution >= 0.6 is 0 Å². The Bertz CT molecular complexity index is 1200. The molecule has 0 atom stereocenters. The largest absolute Gasteiger partial charge is 0.337 e. The van der Waals surface area contributed by atoms with E-state index in [4.69, 9.17) is 4.52 Å². The summed E-state index contributed by atoms with van der Waals surface area (Å²) in [6, 6.07) is 12.1. The lowest BCUT2D eigenvalue weighted by atomic mass is 10.1. The Labute approximate surface area is 158 Å². The van der Waals surface area contributed by atoms with Crippen LogP contribution in [0.4, 0.5) is 5.69 Å². The van der Waals surface area contributed by atoms with Crippen LogP contribution in [0, 0.1) is 10.1 Å². The van der Waals surface area contributed by atoms with Crippen molar-refractivity contribution in [2.75, 3.05) is 0 Å². The summed E-state index contributed by atoms with van der Waals surface area (Å²) in [4.78, 5) is 27.0. The number of rotatable bonds is 4. The van der Waals surface area contributed by atoms with Gasteiger partial charge in [0, 0.05) is 23.3 Å². The van der Waals surface area contributed by atoms with E-state index in [0.29, 0.717) is 21.0 Å². The number of carbonyl (C=O) groups excluding carboxylic acids is 1. The van der Waals surface area contributed by atoms with Gasteiger partial charge in [-0.2, -0.15) is 4.98 Å². The zero-order valence-corrected chi connectivity index (χ0v) is 15.0. The topological polar surface area (TPSA) is 137 Å². The van der Waals surface area contributed by atoms with Crippen LogP contribution in [0.1, 0.15) is 21.8 Å². The van der Waals surface area contributed by atoms with Crippen LogP contribution in [0.15, 0.2) is 53.1 Å². The van der Waals surface area contributed by atoms with E-state index in [0.717, 1.165) is 0 Å². The SMILES string of the molecule is O=C1c2ccccc2CS(=O)(=O)N1Cc1nc(-c2cccc([N+](=O)[O-])c2)no1. The van der Waals surface area contributed by atoms with E-state index in [1.807, 2.05) is 0 Å². The molecule has 1 amide bonds. The molecule has 0 fully saturated rings. The van der Waals surface area contributed by atoms with Crippen molar-refractivity contribution in [2.45, 2.75) is 12.3 Å². The molecule has 1 aromatic heterocycles. The van der Waals surface area contributed by atoms with Crippen molar-refractivity contribution < 1.29 is 22.7 Å². The Hall–Kier alpha value is -3.60. The van der Waals surface area contributed by atoms with Gasteiger partial charge in [0.2, 0.25) is 21.7 Å². The first kappa shape index (κ1) is 17.8. The van der Waals surface area contributed by atoms with Crippen molar-refractivity contribution in [3.05, 3.63) is 75.7 Å². The Kier molecular flexibility index (Phi) is 4.15. The van der Waals surface area contributed by atoms with Gasteiger partial charge in [-0.15, -0.1) is 0 Å². The number of carbonyl (C=O) groups is 1. The fourth-order valence-electron chi connectivity index (χ4n) is 2.88. The summed E-state index contributed by atoms with van der Waals surface area (Å²) in [5.74, 6) is -1.02. The van der Waals surface area contributed by atoms with Gasteiger partial charge in [-0.25, -0.2) is 12.7 Å². The molecule has 1 aliphatic rings. The Morgan fingerprint density at radius 2 is 1.96 bits per heavy atom. The molecule has 0 aliphatic carbocycles. The highest BCUT2D eigenvalue weighted by molar-refractivity contribution is 7.89. The summed E-state index contributed by atoms with van der Waals surface area (Å²) in [7, 11) is -3.89. The van der Waals surface area contributed by atoms with Crippen LogP contribution in [-0.4, -0.2) is 33.7 Å². The van der Waals surface area contributed by atoms with Gasteiger partial charge < -0.3 is 4.52 Å². The quantitative estimate of drug-likeness (QED) is 0.480. The number of sulfonamides is 1. The summed E-state index contributed by atoms with van der Waals surface area (Å²) in [5.41, 5.74) is 0.930. The van der Waals surface area contributed by atoms with E-state index in [1.54, 1.807) is 30.3 Å². The Balaban J connectivity index is 1.63. The third kappa shape index (κ3) is 3.11. The lowest BCUT2D eigenvalue weighted by Crippen LogP contribution is -2.41. The predicted octanol–water partition coefficient (Wildman–Crippen LogP) is 2.13. The molecular weight excluding hydrogens is 388 g/mol. The second-order valence-electron chi connectivity index (χ2n) is 6.04. The van der Waals surface area contributed by atoms with Gasteiger partial charge in [-0.3, -0.25) is 14.9 Å². The first-order chi connectivity index (χ1) is 13.3. The molecule has 0 N–H and O–H groups in total. The van der Waals surface area contributed by atoms with Crippen LogP contribution in [-0.2, 0) is 22.3 Å². The van der Waals surface area contributed by atoms with Crippen LogP contribution in [0.5, 0.6) is 0 Å². The molecule has 10 nitrogen and oxygen atoms in total. The number of aromatic nitrogens is 2. The number of nitrogens with zero attached hydrogens (tertiary/aromatic N) is 4. The maximum Gasteiger partial charge on any atom is 0.270 e. The maximum atomic E-state index is 12.6. The third-order valence-electron chi connectivity index (χ3n) is 4.21. The van der Waals surface area contributed by atoms with Crippen molar-refractivity contribution in [3.8, 4) is 11.4 Å². The molecule has 2 aromatic carbocycles. The molecule has 0 bridgehead atoms. The number of benzene rings is 2. The smallest absolute Gasteiger partial charge is 0.270 e. The maximum absolute atomic E-state index is 12.6. The van der Waals surface area contributed by atoms with E-state index < -0.39 is 27.4 Å². The number of hydrogen-bond donors (Lipinski definition) is 0. The molecule has 11 heteroatoms. The van der Waals surface area contributed by atoms with Gasteiger partial charge in [0.05, 0.1) is 10.7 Å². The lowest BCUT2D eigenvalue weighted by Gasteiger charge is -2.26. The summed E-state index contributed by atoms with van der Waals surface area (Å²) in [6.45, 7) is -0.419. The summed E-state index contributed by atoms with van der Waals surface area (Å²) < 4.78 is 30.7. The zero-order valence-electron chi connectivity index (χ0n) is 14.2. The monoisotopic (exact) mass is 400 g/mol. The average Bonchev–Trinajstić information content (AvgIpc) is 3.14. The number of non-ortho nitro benzene ring substituents is 1. The first-order valence-corrected chi connectivity index (χ1v) is 9.66. The normalized spacial score (nSPS) is 15.3. The lowest BCUT2D eigenvalue weighted by molar-refractivity contribution is -0.384. The van der Waals surface area contributed by atoms with Crippen molar-refractivity contribution in [1.82, 2.24) is 14.4 Å². The molecule has 3 aromatic rings. The van der Waals surface area contributed by atoms with E-state index in [-0.39, 0.29) is 23.2 Å². The molecule has 0 unspecified atom stereocenters. The second-order valence-corrected chi connectivity index (χ2v) is 7.94. The Morgan fingerprint density at radius 1 is 1.18 bits per heavy atom. The predicted molar refractivity (Wildman–Crippen MR) is 95.3 cm³/mol. The fourth-order valence-corrected chi connectivity index (χ4v) is 4.34. The van der Waals surface area contributed by atoms with E-state index in [9.17, 15) is 23.3 Å². The molecule has 2 heterocycles. The average molecular weight is 400 g/mol. The number of nitro groups is 1. The van der Waals surface area contributed by atoms with E-state index >= 15 is 0 Å². The van der Waals surface area contributed by atoms with Crippen LogP contribution in [0.2, 0.25) is 0 Å². The molecule has 28 heavy (non-hydrogen) atoms. The van der Waals surface area contributed by atoms with Gasteiger partial charge in [0.15, 0.2) is 0 Å². The van der Waals surface area contributed by atoms with Crippen molar-refractivity contribution in [1.29, 1.82) is 0 Å². The second kappa shape index (κ2) is 6.53. The van der Waals surface area contributed by atoms with Crippen LogP contribution in [0.3, 0.4) is 0 Å². The molecular formula is C17H12N4O6S. The minimum Gasteiger partial charge on any atom is -0.337 e. The van der Waals surface area contributed by atoms with Crippen molar-refractivity contribution in [3.63, 3.8) is 0 Å². The molecule has 142 valence electrons. The fraction of sp³-hybridized carbons (Fsp3) is 0.118. The Morgan fingerprint density at radius 3 is 2.75 bits per heavy atom. The van der Waals surface area contributed by atoms with Crippen LogP contribution in [0.25, 0.3) is 11.4 Å². The van der Waals surface area contributed by atoms with Crippen molar-refractivity contribution in [2.24, 2.45) is 0 Å². The molecule has 0 spiro atoms. The zero-order chi connectivity index (χ0) is 19.9. The number of fused-ring (bicyclic) bond motifs is 1. The standard InChI is InChI=1S/C17H12N4O6S/c22-17-14-7-2-1-4-12(14)10-28(25,26)20(17)9-15-18-16(19-27-15)11-5-3-6-13(8-11)21(23)24/h1-8H,9-10H2. The summed E-state index contributed by atoms with van der Waals surface area (Å²) >= 11 is 0. The molecule has 1 aliphatic heterocycles. The number of nitro benzene ring substituents is 1. The highest BCUT2D eigenvalue weighted by Gasteiger charge is 2.36. The molecule has 4 rings (SSSR count). The van der Waals surface area contributed by atoms with Crippen LogP contribution < -0.4 is 0 Å². The third-order valence-corrected chi connectivity index (χ3v) is 5.85. The minimum atomic E-state index is -3.89. The molecule has 0 radical (unpaired) electrons. The number of hydrogen-bond acceptors (Lipinski definition) is 8. The van der Waals surface area contributed by atoms with E-state index in [1.165, 1.54) is 18.2 Å². The van der Waals surface area contributed by atoms with Crippen molar-refractivity contribution >= 4 is 21.6 Å². The van der Waals surface area contributed by atoms with Gasteiger partial charge in [-0.1, -0.05) is 35.5 Å². The van der Waals surface area contributed by atoms with E-state index in [2.05, 4.69) is 10.1 Å². The minimum absolute atomic E-state index is 0.0564. The first-order valence-electron chi connectivity index (χ1n) is 8.05. The van der Waals surface area contributed by atoms with Gasteiger partial charge in [-0.05, 0) is 11.6 Å².